The van der Waals surface area contributed by atoms with Gasteiger partial charge in [0.2, 0.25) is 23.6 Å². The van der Waals surface area contributed by atoms with Crippen LogP contribution in [0.15, 0.2) is 206 Å². The number of carbonyl (C=O) groups excluding carboxylic acids is 11. The molecule has 0 bridgehead atoms. The molecule has 33 heteroatoms. The SMILES string of the molecule is CCOc1ccc(COC(=O)[C@@H](C)CSC(c2ccccc2)(c2ccccc2)c2ccccc2)cc1.N[C@@H](CCC(=O)[C@H](Cc1ccccc1)NC(=O)[C@@H](CC(=O)CNC(=O)CC[C@@H](CC(=O)[C@H](Cc1ccccc1)NC(=O)CC[C@H](NC(=O)N[C@@H](CCC(=O)O)OC=O)C(=O)O)C(=O)O)Cc1ccccc1)C(=O)C[C@@H](CC(=O)O)C(=O)N[C@@H](CS)C(=O)O. The number of benzene rings is 7. The molecule has 7 aromatic rings. The minimum absolute atomic E-state index is 0.0112. The average Bonchev–Trinajstić information content (AvgIpc) is 0.755. The number of ether oxygens (including phenoxy) is 3. The van der Waals surface area contributed by atoms with Crippen LogP contribution in [-0.2, 0) is 112 Å². The first-order valence-electron chi connectivity index (χ1n) is 40.1. The van der Waals surface area contributed by atoms with Gasteiger partial charge in [-0.15, -0.1) is 11.8 Å². The van der Waals surface area contributed by atoms with Crippen LogP contribution >= 0.6 is 24.4 Å². The summed E-state index contributed by atoms with van der Waals surface area (Å²) in [5, 5.41) is 61.5. The van der Waals surface area contributed by atoms with Gasteiger partial charge in [-0.2, -0.15) is 12.6 Å². The van der Waals surface area contributed by atoms with E-state index in [4.69, 9.17) is 20.3 Å². The lowest BCUT2D eigenvalue weighted by molar-refractivity contribution is -0.148. The fourth-order valence-corrected chi connectivity index (χ4v) is 14.9. The van der Waals surface area contributed by atoms with Crippen molar-refractivity contribution < 1.29 is 116 Å². The molecule has 124 heavy (non-hydrogen) atoms. The topological polar surface area (TPSA) is 500 Å². The first kappa shape index (κ1) is 99.9. The second-order valence-electron chi connectivity index (χ2n) is 29.2. The van der Waals surface area contributed by atoms with Crippen molar-refractivity contribution in [3.8, 4) is 5.75 Å². The minimum Gasteiger partial charge on any atom is -0.494 e. The van der Waals surface area contributed by atoms with Crippen LogP contribution < -0.4 is 42.4 Å². The molecule has 31 nitrogen and oxygen atoms in total. The number of rotatable bonds is 55. The molecule has 0 saturated heterocycles. The Morgan fingerprint density at radius 2 is 0.944 bits per heavy atom. The van der Waals surface area contributed by atoms with Crippen molar-refractivity contribution in [2.24, 2.45) is 29.4 Å². The third-order valence-corrected chi connectivity index (χ3v) is 22.0. The molecule has 0 unspecified atom stereocenters. The summed E-state index contributed by atoms with van der Waals surface area (Å²) in [6, 6.07) is 56.2. The number of carbonyl (C=O) groups is 16. The molecule has 0 fully saturated rings. The van der Waals surface area contributed by atoms with Gasteiger partial charge in [0.05, 0.1) is 66.6 Å². The standard InChI is InChI=1S/C59H73N7O21S.C32H32O3S/c60-41(47(70)29-39(30-53(76)77)55(79)64-45(32-88)58(84)85)17-19-46(69)43(25-35-12-6-2-7-13-35)63-54(78)38(24-34-10-4-1-5-11-34)27-40(68)31-61-49(72)20-16-37(56(80)81)28-48(71)44(26-36-14-8-3-9-15-36)62-50(73)21-18-42(57(82)83)65-59(86)66-51(87-33-67)22-23-52(74)75;1-3-34-30-21-19-26(20-22-30)23-35-31(33)25(2)24-36-32(27-13-7-4-8-14-27,28-15-9-5-10-16-28)29-17-11-6-12-18-29/h1-15,33,37-39,41-45,51,88H,16-32,60H2,(H,61,72)(H,62,73)(H,63,78)(H,64,79)(H,74,75)(H,76,77)(H,80,81)(H,82,83)(H,84,85)(H2,65,66,86);4-22,25H,3,23-24H2,1-2H3/t37-,38+,39-,41-,42-,43-,44-,45-,51+;25-/m00/s1. The molecule has 660 valence electrons. The van der Waals surface area contributed by atoms with Gasteiger partial charge >= 0.3 is 41.8 Å². The maximum atomic E-state index is 14.2. The quantitative estimate of drug-likeness (QED) is 0.00559. The molecule has 0 aliphatic heterocycles. The Balaban J connectivity index is 0.000000542. The van der Waals surface area contributed by atoms with E-state index in [1.54, 1.807) is 103 Å². The summed E-state index contributed by atoms with van der Waals surface area (Å²) in [7, 11) is 0. The van der Waals surface area contributed by atoms with Crippen molar-refractivity contribution in [3.63, 3.8) is 0 Å². The number of nitrogens with one attached hydrogen (secondary N) is 6. The predicted molar refractivity (Wildman–Crippen MR) is 460 cm³/mol. The second-order valence-corrected chi connectivity index (χ2v) is 30.8. The van der Waals surface area contributed by atoms with Crippen molar-refractivity contribution in [2.45, 2.75) is 158 Å². The summed E-state index contributed by atoms with van der Waals surface area (Å²) in [4.78, 5) is 203. The molecule has 7 aromatic carbocycles. The molecule has 0 aliphatic rings. The van der Waals surface area contributed by atoms with Crippen molar-refractivity contribution in [3.05, 3.63) is 245 Å². The van der Waals surface area contributed by atoms with Crippen LogP contribution in [-0.4, -0.2) is 182 Å². The lowest BCUT2D eigenvalue weighted by Gasteiger charge is -2.36. The second kappa shape index (κ2) is 53.1. The number of nitrogens with two attached hydrogens (primary N) is 1. The van der Waals surface area contributed by atoms with Gasteiger partial charge in [0.1, 0.15) is 30.2 Å². The van der Waals surface area contributed by atoms with E-state index in [1.165, 1.54) is 16.7 Å². The zero-order valence-corrected chi connectivity index (χ0v) is 70.3. The normalized spacial score (nSPS) is 13.4. The van der Waals surface area contributed by atoms with Gasteiger partial charge in [-0.05, 0) is 96.5 Å². The molecule has 13 N–H and O–H groups in total. The van der Waals surface area contributed by atoms with Crippen LogP contribution in [0.3, 0.4) is 0 Å². The third kappa shape index (κ3) is 34.9. The number of thioether (sulfide) groups is 1. The molecule has 0 radical (unpaired) electrons. The number of amides is 6. The van der Waals surface area contributed by atoms with E-state index in [-0.39, 0.29) is 69.2 Å². The van der Waals surface area contributed by atoms with E-state index < -0.39 is 206 Å². The maximum Gasteiger partial charge on any atom is 0.327 e. The largest absolute Gasteiger partial charge is 0.494 e. The number of urea groups is 1. The van der Waals surface area contributed by atoms with Gasteiger partial charge in [0.25, 0.3) is 6.47 Å². The number of carboxylic acid groups (broad SMARTS) is 5. The number of ketones is 4. The van der Waals surface area contributed by atoms with Crippen LogP contribution in [0, 0.1) is 23.7 Å². The molecule has 0 aliphatic carbocycles. The van der Waals surface area contributed by atoms with Gasteiger partial charge in [-0.3, -0.25) is 62.3 Å². The van der Waals surface area contributed by atoms with Gasteiger partial charge in [0.15, 0.2) is 23.6 Å². The Hall–Kier alpha value is -12.9. The van der Waals surface area contributed by atoms with E-state index in [2.05, 4.69) is 122 Å². The zero-order valence-electron chi connectivity index (χ0n) is 68.5. The predicted octanol–water partition coefficient (Wildman–Crippen LogP) is 8.43. The number of esters is 1. The number of hydrogen-bond acceptors (Lipinski definition) is 22. The fourth-order valence-electron chi connectivity index (χ4n) is 13.1. The summed E-state index contributed by atoms with van der Waals surface area (Å²) in [5.74, 6) is -16.9. The van der Waals surface area contributed by atoms with Gasteiger partial charge in [0, 0.05) is 62.4 Å². The maximum absolute atomic E-state index is 14.2. The Labute approximate surface area is 726 Å². The first-order valence-corrected chi connectivity index (χ1v) is 41.8. The van der Waals surface area contributed by atoms with Gasteiger partial charge in [-0.1, -0.05) is 201 Å². The highest BCUT2D eigenvalue weighted by molar-refractivity contribution is 8.00. The molecule has 10 atom stereocenters. The lowest BCUT2D eigenvalue weighted by Crippen LogP contribution is -2.50. The van der Waals surface area contributed by atoms with Crippen LogP contribution in [0.1, 0.15) is 130 Å². The molecule has 0 heterocycles. The lowest BCUT2D eigenvalue weighted by atomic mass is 9.84. The van der Waals surface area contributed by atoms with Crippen molar-refractivity contribution in [1.29, 1.82) is 0 Å². The van der Waals surface area contributed by atoms with Crippen LogP contribution in [0.4, 0.5) is 4.79 Å². The van der Waals surface area contributed by atoms with E-state index in [0.29, 0.717) is 29.1 Å². The highest BCUT2D eigenvalue weighted by Gasteiger charge is 2.39. The summed E-state index contributed by atoms with van der Waals surface area (Å²) in [6.45, 7) is 4.11. The number of Topliss-reactive ketones (excluding diaryl/α,β-unsaturated/α-hetero) is 4. The molecule has 0 aromatic heterocycles. The summed E-state index contributed by atoms with van der Waals surface area (Å²) in [5.41, 5.74) is 12.4. The van der Waals surface area contributed by atoms with E-state index in [0.717, 1.165) is 11.3 Å². The van der Waals surface area contributed by atoms with E-state index >= 15 is 0 Å². The smallest absolute Gasteiger partial charge is 0.327 e. The summed E-state index contributed by atoms with van der Waals surface area (Å²) in [6.07, 6.45) is -7.89. The number of thiol groups is 1. The van der Waals surface area contributed by atoms with Gasteiger partial charge in [-0.25, -0.2) is 14.4 Å². The molecule has 0 spiro atoms. The van der Waals surface area contributed by atoms with Crippen molar-refractivity contribution in [1.82, 2.24) is 31.9 Å². The fraction of sp³-hybridized carbons (Fsp3) is 0.363. The zero-order chi connectivity index (χ0) is 90.5. The highest BCUT2D eigenvalue weighted by Crippen LogP contribution is 2.49. The molecule has 7 rings (SSSR count). The first-order chi connectivity index (χ1) is 59.4. The van der Waals surface area contributed by atoms with Crippen molar-refractivity contribution in [2.75, 3.05) is 24.7 Å². The highest BCUT2D eigenvalue weighted by atomic mass is 32.2. The molecule has 0 saturated carbocycles. The number of aliphatic carboxylic acids is 5. The molecule has 6 amide bonds. The Morgan fingerprint density at radius 3 is 1.43 bits per heavy atom. The average molecular weight is 1750 g/mol. The number of hydrogen-bond donors (Lipinski definition) is 13. The third-order valence-electron chi connectivity index (χ3n) is 19.8. The summed E-state index contributed by atoms with van der Waals surface area (Å²) >= 11 is 5.65. The number of carboxylic acids is 5. The molecular weight excluding hydrogens is 1640 g/mol. The molecular formula is C91H105N7O24S2. The Morgan fingerprint density at radius 1 is 0.460 bits per heavy atom. The monoisotopic (exact) mass is 1740 g/mol. The van der Waals surface area contributed by atoms with Crippen LogP contribution in [0.2, 0.25) is 0 Å². The Bertz CT molecular complexity index is 4580. The Kier molecular flexibility index (Phi) is 42.8. The van der Waals surface area contributed by atoms with Gasteiger partial charge < -0.3 is 77.4 Å². The van der Waals surface area contributed by atoms with Crippen LogP contribution in [0.5, 0.6) is 5.75 Å². The van der Waals surface area contributed by atoms with E-state index in [9.17, 15) is 97.1 Å². The van der Waals surface area contributed by atoms with E-state index in [1.807, 2.05) is 56.3 Å². The minimum atomic E-state index is -1.71. The van der Waals surface area contributed by atoms with Crippen LogP contribution in [0.25, 0.3) is 0 Å². The summed E-state index contributed by atoms with van der Waals surface area (Å²) < 4.78 is 15.3. The van der Waals surface area contributed by atoms with Crippen molar-refractivity contribution >= 4 is 119 Å².